The van der Waals surface area contributed by atoms with E-state index in [0.717, 1.165) is 10.5 Å². The molecule has 0 aliphatic carbocycles. The molecule has 28 heavy (non-hydrogen) atoms. The molecule has 7 heteroatoms. The van der Waals surface area contributed by atoms with E-state index in [0.29, 0.717) is 36.0 Å². The molecule has 1 atom stereocenters. The van der Waals surface area contributed by atoms with E-state index in [1.807, 2.05) is 43.3 Å². The number of hydrogen-bond donors (Lipinski definition) is 3. The maximum Gasteiger partial charge on any atom is 0.279 e. The van der Waals surface area contributed by atoms with Gasteiger partial charge in [-0.15, -0.1) is 0 Å². The minimum Gasteiger partial charge on any atom is -0.495 e. The maximum atomic E-state index is 12.3. The molecule has 0 radical (unpaired) electrons. The quantitative estimate of drug-likeness (QED) is 0.562. The molecule has 1 unspecified atom stereocenters. The molecule has 0 aliphatic rings. The van der Waals surface area contributed by atoms with Gasteiger partial charge in [-0.2, -0.15) is 0 Å². The van der Waals surface area contributed by atoms with Crippen LogP contribution in [0.4, 0.5) is 5.69 Å². The van der Waals surface area contributed by atoms with Crippen molar-refractivity contribution in [3.8, 4) is 5.75 Å². The fraction of sp³-hybridized carbons (Fsp3) is 0.333. The number of hydrogen-bond acceptors (Lipinski definition) is 3. The summed E-state index contributed by atoms with van der Waals surface area (Å²) in [5.74, 6) is 0.365. The van der Waals surface area contributed by atoms with Crippen LogP contribution < -0.4 is 20.3 Å². The lowest BCUT2D eigenvalue weighted by Crippen LogP contribution is -3.14. The number of amides is 2. The second-order valence-electron chi connectivity index (χ2n) is 6.44. The fourth-order valence-corrected chi connectivity index (χ4v) is 3.02. The van der Waals surface area contributed by atoms with Gasteiger partial charge in [-0.25, -0.2) is 0 Å². The molecule has 3 N–H and O–H groups in total. The Bertz CT molecular complexity index is 798. The third-order valence-corrected chi connectivity index (χ3v) is 4.56. The van der Waals surface area contributed by atoms with E-state index in [4.69, 9.17) is 16.3 Å². The molecule has 0 spiro atoms. The summed E-state index contributed by atoms with van der Waals surface area (Å²) in [4.78, 5) is 25.4. The SMILES string of the molecule is CC[NH+](CC(=O)NCCc1cccc(Cl)c1)CC(=O)Nc1ccccc1OC. The van der Waals surface area contributed by atoms with Gasteiger partial charge in [0.1, 0.15) is 5.75 Å². The lowest BCUT2D eigenvalue weighted by atomic mass is 10.1. The highest BCUT2D eigenvalue weighted by molar-refractivity contribution is 6.30. The molecular formula is C21H27ClN3O3+. The Balaban J connectivity index is 1.77. The van der Waals surface area contributed by atoms with Crippen LogP contribution in [0.3, 0.4) is 0 Å². The summed E-state index contributed by atoms with van der Waals surface area (Å²) in [6.45, 7) is 3.59. The lowest BCUT2D eigenvalue weighted by molar-refractivity contribution is -0.881. The molecule has 150 valence electrons. The topological polar surface area (TPSA) is 71.9 Å². The highest BCUT2D eigenvalue weighted by atomic mass is 35.5. The number of quaternary nitrogens is 1. The number of para-hydroxylation sites is 2. The monoisotopic (exact) mass is 404 g/mol. The van der Waals surface area contributed by atoms with Crippen molar-refractivity contribution >= 4 is 29.1 Å². The van der Waals surface area contributed by atoms with Crippen LogP contribution in [0.5, 0.6) is 5.75 Å². The van der Waals surface area contributed by atoms with Gasteiger partial charge in [-0.3, -0.25) is 9.59 Å². The van der Waals surface area contributed by atoms with Crippen LogP contribution in [0.2, 0.25) is 5.02 Å². The van der Waals surface area contributed by atoms with Gasteiger partial charge in [0.05, 0.1) is 19.3 Å². The molecule has 0 aliphatic heterocycles. The van der Waals surface area contributed by atoms with Crippen LogP contribution in [0.25, 0.3) is 0 Å². The normalized spacial score (nSPS) is 11.5. The highest BCUT2D eigenvalue weighted by Crippen LogP contribution is 2.22. The minimum absolute atomic E-state index is 0.0797. The van der Waals surface area contributed by atoms with Crippen molar-refractivity contribution in [3.63, 3.8) is 0 Å². The molecule has 0 saturated carbocycles. The zero-order valence-electron chi connectivity index (χ0n) is 16.3. The predicted octanol–water partition coefficient (Wildman–Crippen LogP) is 1.55. The number of carbonyl (C=O) groups is 2. The van der Waals surface area contributed by atoms with Gasteiger partial charge in [0, 0.05) is 11.6 Å². The Kier molecular flexibility index (Phi) is 8.78. The zero-order chi connectivity index (χ0) is 20.4. The number of methoxy groups -OCH3 is 1. The van der Waals surface area contributed by atoms with Crippen molar-refractivity contribution in [1.82, 2.24) is 5.32 Å². The number of halogens is 1. The summed E-state index contributed by atoms with van der Waals surface area (Å²) in [5, 5.41) is 6.43. The third-order valence-electron chi connectivity index (χ3n) is 4.33. The summed E-state index contributed by atoms with van der Waals surface area (Å²) >= 11 is 5.96. The van der Waals surface area contributed by atoms with Crippen molar-refractivity contribution in [3.05, 3.63) is 59.1 Å². The smallest absolute Gasteiger partial charge is 0.279 e. The summed E-state index contributed by atoms with van der Waals surface area (Å²) in [6.07, 6.45) is 0.710. The van der Waals surface area contributed by atoms with E-state index in [1.54, 1.807) is 19.2 Å². The first kappa shape index (κ1) is 21.7. The molecule has 0 heterocycles. The van der Waals surface area contributed by atoms with Crippen molar-refractivity contribution in [1.29, 1.82) is 0 Å². The minimum atomic E-state index is -0.159. The first-order chi connectivity index (χ1) is 13.5. The number of nitrogens with one attached hydrogen (secondary N) is 3. The number of rotatable bonds is 10. The van der Waals surface area contributed by atoms with Crippen LogP contribution in [-0.2, 0) is 16.0 Å². The first-order valence-corrected chi connectivity index (χ1v) is 9.67. The van der Waals surface area contributed by atoms with Crippen molar-refractivity contribution in [2.24, 2.45) is 0 Å². The Morgan fingerprint density at radius 3 is 2.54 bits per heavy atom. The Morgan fingerprint density at radius 1 is 1.07 bits per heavy atom. The van der Waals surface area contributed by atoms with E-state index in [1.165, 1.54) is 0 Å². The first-order valence-electron chi connectivity index (χ1n) is 9.29. The molecule has 2 aromatic rings. The maximum absolute atomic E-state index is 12.3. The lowest BCUT2D eigenvalue weighted by Gasteiger charge is -2.17. The van der Waals surface area contributed by atoms with Crippen molar-refractivity contribution in [2.75, 3.05) is 38.6 Å². The summed E-state index contributed by atoms with van der Waals surface area (Å²) in [6, 6.07) is 14.8. The largest absolute Gasteiger partial charge is 0.495 e. The number of ether oxygens (including phenoxy) is 1. The van der Waals surface area contributed by atoms with Crippen molar-refractivity contribution in [2.45, 2.75) is 13.3 Å². The van der Waals surface area contributed by atoms with Gasteiger partial charge in [0.25, 0.3) is 11.8 Å². The van der Waals surface area contributed by atoms with Crippen LogP contribution in [-0.4, -0.2) is 45.1 Å². The number of benzene rings is 2. The number of anilines is 1. The van der Waals surface area contributed by atoms with Crippen molar-refractivity contribution < 1.29 is 19.2 Å². The second-order valence-corrected chi connectivity index (χ2v) is 6.87. The molecule has 0 saturated heterocycles. The van der Waals surface area contributed by atoms with E-state index < -0.39 is 0 Å². The molecule has 6 nitrogen and oxygen atoms in total. The average molecular weight is 405 g/mol. The third kappa shape index (κ3) is 7.21. The average Bonchev–Trinajstić information content (AvgIpc) is 2.68. The molecule has 0 bridgehead atoms. The van der Waals surface area contributed by atoms with E-state index in [9.17, 15) is 9.59 Å². The van der Waals surface area contributed by atoms with Gasteiger partial charge < -0.3 is 20.3 Å². The van der Waals surface area contributed by atoms with E-state index >= 15 is 0 Å². The molecule has 0 aromatic heterocycles. The summed E-state index contributed by atoms with van der Waals surface area (Å²) in [7, 11) is 1.56. The van der Waals surface area contributed by atoms with E-state index in [2.05, 4.69) is 10.6 Å². The Labute approximate surface area is 170 Å². The van der Waals surface area contributed by atoms with Gasteiger partial charge in [-0.05, 0) is 43.2 Å². The number of likely N-dealkylation sites (N-methyl/N-ethyl adjacent to an activating group) is 1. The van der Waals surface area contributed by atoms with Crippen LogP contribution in [0.15, 0.2) is 48.5 Å². The fourth-order valence-electron chi connectivity index (χ4n) is 2.81. The van der Waals surface area contributed by atoms with Gasteiger partial charge >= 0.3 is 0 Å². The Hall–Kier alpha value is -2.57. The van der Waals surface area contributed by atoms with Gasteiger partial charge in [-0.1, -0.05) is 35.9 Å². The molecule has 2 amide bonds. The second kappa shape index (κ2) is 11.3. The molecular weight excluding hydrogens is 378 g/mol. The Morgan fingerprint density at radius 2 is 1.82 bits per heavy atom. The summed E-state index contributed by atoms with van der Waals surface area (Å²) in [5.41, 5.74) is 1.69. The molecule has 0 fully saturated rings. The molecule has 2 rings (SSSR count). The van der Waals surface area contributed by atoms with E-state index in [-0.39, 0.29) is 24.9 Å². The van der Waals surface area contributed by atoms with Crippen LogP contribution in [0, 0.1) is 0 Å². The van der Waals surface area contributed by atoms with Gasteiger partial charge in [0.2, 0.25) is 0 Å². The number of carbonyl (C=O) groups excluding carboxylic acids is 2. The predicted molar refractivity (Wildman–Crippen MR) is 111 cm³/mol. The van der Waals surface area contributed by atoms with Gasteiger partial charge in [0.15, 0.2) is 13.1 Å². The highest BCUT2D eigenvalue weighted by Gasteiger charge is 2.17. The van der Waals surface area contributed by atoms with Crippen LogP contribution >= 0.6 is 11.6 Å². The van der Waals surface area contributed by atoms with Crippen LogP contribution in [0.1, 0.15) is 12.5 Å². The zero-order valence-corrected chi connectivity index (χ0v) is 17.0. The summed E-state index contributed by atoms with van der Waals surface area (Å²) < 4.78 is 5.24. The molecule has 2 aromatic carbocycles. The standard InChI is InChI=1S/C21H26ClN3O3/c1-3-25(15-21(27)24-18-9-4-5-10-19(18)28-2)14-20(26)23-12-11-16-7-6-8-17(22)13-16/h4-10,13H,3,11-12,14-15H2,1-2H3,(H,23,26)(H,24,27)/p+1.